The highest BCUT2D eigenvalue weighted by molar-refractivity contribution is 6.56. The van der Waals surface area contributed by atoms with Gasteiger partial charge in [-0.25, -0.2) is 9.78 Å². The van der Waals surface area contributed by atoms with E-state index in [4.69, 9.17) is 14.0 Å². The Hall–Kier alpha value is -2.58. The summed E-state index contributed by atoms with van der Waals surface area (Å²) in [6, 6.07) is 8.05. The number of ether oxygens (including phenoxy) is 1. The molecule has 1 fully saturated rings. The monoisotopic (exact) mass is 425 g/mol. The molecule has 0 atom stereocenters. The molecule has 1 aliphatic heterocycles. The van der Waals surface area contributed by atoms with Gasteiger partial charge in [-0.1, -0.05) is 30.3 Å². The van der Waals surface area contributed by atoms with Crippen LogP contribution in [-0.2, 0) is 14.0 Å². The highest BCUT2D eigenvalue weighted by atomic mass is 16.7. The quantitative estimate of drug-likeness (QED) is 0.683. The molecular weight excluding hydrogens is 393 g/mol. The molecule has 2 aromatic rings. The van der Waals surface area contributed by atoms with E-state index in [2.05, 4.69) is 15.3 Å². The number of hydrogen-bond acceptors (Lipinski definition) is 5. The van der Waals surface area contributed by atoms with Gasteiger partial charge < -0.3 is 24.3 Å². The molecule has 1 saturated heterocycles. The molecule has 1 amide bonds. The number of hydrogen-bond donors (Lipinski definition) is 2. The predicted molar refractivity (Wildman–Crippen MR) is 122 cm³/mol. The normalized spacial score (nSPS) is 18.2. The van der Waals surface area contributed by atoms with Crippen LogP contribution in [0.25, 0.3) is 17.3 Å². The minimum atomic E-state index is -0.577. The molecule has 0 radical (unpaired) electrons. The van der Waals surface area contributed by atoms with E-state index in [1.165, 1.54) is 0 Å². The number of nitrogens with zero attached hydrogens (tertiary/aromatic N) is 1. The second-order valence-corrected chi connectivity index (χ2v) is 9.75. The van der Waals surface area contributed by atoms with Gasteiger partial charge in [0, 0.05) is 6.54 Å². The molecule has 2 heterocycles. The van der Waals surface area contributed by atoms with Crippen molar-refractivity contribution in [1.29, 1.82) is 0 Å². The number of nitrogens with one attached hydrogen (secondary N) is 2. The second-order valence-electron chi connectivity index (χ2n) is 9.75. The zero-order valence-corrected chi connectivity index (χ0v) is 19.4. The lowest BCUT2D eigenvalue weighted by atomic mass is 9.77. The zero-order valence-electron chi connectivity index (χ0n) is 19.4. The summed E-state index contributed by atoms with van der Waals surface area (Å²) < 4.78 is 17.8. The highest BCUT2D eigenvalue weighted by Gasteiger charge is 2.52. The van der Waals surface area contributed by atoms with Gasteiger partial charge in [-0.05, 0) is 65.1 Å². The van der Waals surface area contributed by atoms with Crippen LogP contribution in [0.5, 0.6) is 0 Å². The first-order valence-corrected chi connectivity index (χ1v) is 10.5. The van der Waals surface area contributed by atoms with Gasteiger partial charge in [0.05, 0.1) is 29.4 Å². The average molecular weight is 425 g/mol. The van der Waals surface area contributed by atoms with Gasteiger partial charge in [0.1, 0.15) is 5.60 Å². The molecule has 7 nitrogen and oxygen atoms in total. The number of imidazole rings is 1. The van der Waals surface area contributed by atoms with Gasteiger partial charge in [-0.15, -0.1) is 0 Å². The molecular formula is C23H32BN3O4. The molecule has 8 heteroatoms. The number of aromatic amines is 1. The first kappa shape index (κ1) is 23.1. The number of benzene rings is 1. The third-order valence-corrected chi connectivity index (χ3v) is 5.46. The van der Waals surface area contributed by atoms with Crippen molar-refractivity contribution in [3.05, 3.63) is 47.8 Å². The van der Waals surface area contributed by atoms with Gasteiger partial charge in [-0.2, -0.15) is 0 Å². The van der Waals surface area contributed by atoms with Crippen LogP contribution in [0.2, 0.25) is 0 Å². The summed E-state index contributed by atoms with van der Waals surface area (Å²) >= 11 is 0. The Balaban J connectivity index is 1.82. The largest absolute Gasteiger partial charge is 0.492 e. The van der Waals surface area contributed by atoms with Crippen LogP contribution in [0.1, 0.15) is 54.0 Å². The summed E-state index contributed by atoms with van der Waals surface area (Å²) in [6.07, 6.45) is 4.94. The van der Waals surface area contributed by atoms with Crippen molar-refractivity contribution < 1.29 is 18.8 Å². The first-order chi connectivity index (χ1) is 14.4. The number of aromatic nitrogens is 2. The summed E-state index contributed by atoms with van der Waals surface area (Å²) in [5.74, 6) is 0. The smallest absolute Gasteiger partial charge is 0.444 e. The molecule has 0 saturated carbocycles. The Morgan fingerprint density at radius 1 is 1.16 bits per heavy atom. The van der Waals surface area contributed by atoms with Gasteiger partial charge >= 0.3 is 13.2 Å². The van der Waals surface area contributed by atoms with E-state index in [-0.39, 0.29) is 6.54 Å². The van der Waals surface area contributed by atoms with E-state index in [1.54, 1.807) is 12.5 Å². The summed E-state index contributed by atoms with van der Waals surface area (Å²) in [5.41, 5.74) is 2.24. The Kier molecular flexibility index (Phi) is 6.34. The maximum absolute atomic E-state index is 12.2. The Morgan fingerprint density at radius 3 is 2.29 bits per heavy atom. The lowest BCUT2D eigenvalue weighted by molar-refractivity contribution is 0.00578. The van der Waals surface area contributed by atoms with Crippen molar-refractivity contribution in [2.75, 3.05) is 6.54 Å². The third-order valence-electron chi connectivity index (χ3n) is 5.46. The van der Waals surface area contributed by atoms with Gasteiger partial charge in [0.25, 0.3) is 0 Å². The number of alkyl carbamates (subject to hydrolysis) is 1. The van der Waals surface area contributed by atoms with Crippen molar-refractivity contribution in [3.63, 3.8) is 0 Å². The highest BCUT2D eigenvalue weighted by Crippen LogP contribution is 2.38. The van der Waals surface area contributed by atoms with Crippen LogP contribution in [-0.4, -0.2) is 46.5 Å². The van der Waals surface area contributed by atoms with E-state index in [1.807, 2.05) is 78.8 Å². The maximum atomic E-state index is 12.2. The average Bonchev–Trinajstić information content (AvgIpc) is 3.24. The molecule has 31 heavy (non-hydrogen) atoms. The molecule has 2 N–H and O–H groups in total. The first-order valence-electron chi connectivity index (χ1n) is 10.5. The fraction of sp³-hybridized carbons (Fsp3) is 0.478. The Bertz CT molecular complexity index is 913. The van der Waals surface area contributed by atoms with E-state index < -0.39 is 30.0 Å². The van der Waals surface area contributed by atoms with Crippen LogP contribution in [0.3, 0.4) is 0 Å². The Morgan fingerprint density at radius 2 is 1.77 bits per heavy atom. The molecule has 1 aliphatic rings. The van der Waals surface area contributed by atoms with Crippen LogP contribution < -0.4 is 5.32 Å². The van der Waals surface area contributed by atoms with E-state index in [0.29, 0.717) is 0 Å². The fourth-order valence-electron chi connectivity index (χ4n) is 3.07. The van der Waals surface area contributed by atoms with Crippen molar-refractivity contribution >= 4 is 19.3 Å². The minimum Gasteiger partial charge on any atom is -0.444 e. The predicted octanol–water partition coefficient (Wildman–Crippen LogP) is 4.62. The summed E-state index contributed by atoms with van der Waals surface area (Å²) in [7, 11) is -0.577. The SMILES string of the molecule is CC(C)(C)OC(=O)NCC(=Cc1ccc(-c2cnc[nH]2)cc1)B1OC(C)(C)C(C)(C)O1. The van der Waals surface area contributed by atoms with Crippen LogP contribution in [0.4, 0.5) is 4.79 Å². The topological polar surface area (TPSA) is 85.5 Å². The molecule has 0 spiro atoms. The summed E-state index contributed by atoms with van der Waals surface area (Å²) in [4.78, 5) is 19.4. The lowest BCUT2D eigenvalue weighted by Gasteiger charge is -2.32. The van der Waals surface area contributed by atoms with E-state index in [9.17, 15) is 4.79 Å². The summed E-state index contributed by atoms with van der Waals surface area (Å²) in [5, 5.41) is 2.82. The minimum absolute atomic E-state index is 0.244. The van der Waals surface area contributed by atoms with Crippen molar-refractivity contribution in [3.8, 4) is 11.3 Å². The Labute approximate surface area is 184 Å². The summed E-state index contributed by atoms with van der Waals surface area (Å²) in [6.45, 7) is 13.8. The van der Waals surface area contributed by atoms with E-state index >= 15 is 0 Å². The number of amides is 1. The maximum Gasteiger partial charge on any atom is 0.492 e. The number of H-pyrrole nitrogens is 1. The van der Waals surface area contributed by atoms with Gasteiger partial charge in [0.2, 0.25) is 0 Å². The molecule has 0 aliphatic carbocycles. The lowest BCUT2D eigenvalue weighted by Crippen LogP contribution is -2.41. The van der Waals surface area contributed by atoms with Crippen LogP contribution in [0, 0.1) is 0 Å². The molecule has 1 aromatic heterocycles. The molecule has 0 unspecified atom stereocenters. The second kappa shape index (κ2) is 8.51. The molecule has 1 aromatic carbocycles. The number of rotatable bonds is 5. The van der Waals surface area contributed by atoms with Crippen molar-refractivity contribution in [1.82, 2.24) is 15.3 Å². The molecule has 0 bridgehead atoms. The van der Waals surface area contributed by atoms with Crippen LogP contribution >= 0.6 is 0 Å². The van der Waals surface area contributed by atoms with Crippen molar-refractivity contribution in [2.24, 2.45) is 0 Å². The molecule has 3 rings (SSSR count). The van der Waals surface area contributed by atoms with Gasteiger partial charge in [0.15, 0.2) is 0 Å². The van der Waals surface area contributed by atoms with Crippen molar-refractivity contribution in [2.45, 2.75) is 65.3 Å². The molecule has 166 valence electrons. The number of carbonyl (C=O) groups excluding carboxylic acids is 1. The van der Waals surface area contributed by atoms with Gasteiger partial charge in [-0.3, -0.25) is 0 Å². The van der Waals surface area contributed by atoms with E-state index in [0.717, 1.165) is 22.3 Å². The fourth-order valence-corrected chi connectivity index (χ4v) is 3.07. The third kappa shape index (κ3) is 5.77. The van der Waals surface area contributed by atoms with Crippen LogP contribution in [0.15, 0.2) is 42.3 Å². The zero-order chi connectivity index (χ0) is 22.9. The number of carbonyl (C=O) groups is 1. The standard InChI is InChI=1S/C23H32BN3O4/c1-21(2,3)29-20(28)26-13-18(24-30-22(4,5)23(6,7)31-24)12-16-8-10-17(11-9-16)19-14-25-15-27-19/h8-12,14-15H,13H2,1-7H3,(H,25,27)(H,26,28).